The van der Waals surface area contributed by atoms with E-state index in [4.69, 9.17) is 16.6 Å². The second kappa shape index (κ2) is 13.9. The van der Waals surface area contributed by atoms with Crippen molar-refractivity contribution in [2.75, 3.05) is 6.61 Å². The Labute approximate surface area is 197 Å². The summed E-state index contributed by atoms with van der Waals surface area (Å²) in [5.41, 5.74) is 11.3. The summed E-state index contributed by atoms with van der Waals surface area (Å²) in [5.74, 6) is -4.72. The number of carbonyl (C=O) groups excluding carboxylic acids is 4. The number of aliphatic hydroxyl groups is 1. The van der Waals surface area contributed by atoms with Crippen molar-refractivity contribution in [3.63, 3.8) is 0 Å². The first-order valence-electron chi connectivity index (χ1n) is 10.8. The van der Waals surface area contributed by atoms with Gasteiger partial charge in [-0.2, -0.15) is 0 Å². The number of hydrogen-bond donors (Lipinski definition) is 7. The van der Waals surface area contributed by atoms with Crippen molar-refractivity contribution in [1.29, 1.82) is 0 Å². The van der Waals surface area contributed by atoms with Crippen molar-refractivity contribution in [2.24, 2.45) is 17.4 Å². The van der Waals surface area contributed by atoms with E-state index in [0.717, 1.165) is 0 Å². The van der Waals surface area contributed by atoms with E-state index in [-0.39, 0.29) is 19.3 Å². The molecule has 4 unspecified atom stereocenters. The first kappa shape index (κ1) is 28.5. The van der Waals surface area contributed by atoms with Gasteiger partial charge in [-0.25, -0.2) is 4.79 Å². The molecule has 0 aliphatic heterocycles. The van der Waals surface area contributed by atoms with E-state index in [1.54, 1.807) is 44.2 Å². The summed E-state index contributed by atoms with van der Waals surface area (Å²) in [6.07, 6.45) is -0.374. The number of aliphatic carboxylic acids is 1. The lowest BCUT2D eigenvalue weighted by molar-refractivity contribution is -0.143. The number of aliphatic hydroxyl groups excluding tert-OH is 1. The van der Waals surface area contributed by atoms with Crippen molar-refractivity contribution in [3.8, 4) is 0 Å². The molecule has 0 saturated heterocycles. The van der Waals surface area contributed by atoms with E-state index in [0.29, 0.717) is 5.56 Å². The van der Waals surface area contributed by atoms with Crippen LogP contribution in [-0.2, 0) is 30.4 Å². The fourth-order valence-electron chi connectivity index (χ4n) is 3.02. The summed E-state index contributed by atoms with van der Waals surface area (Å²) in [7, 11) is 0. The van der Waals surface area contributed by atoms with Gasteiger partial charge in [0.05, 0.1) is 6.61 Å². The molecular formula is C22H33N5O7. The maximum absolute atomic E-state index is 13.0. The fraction of sp³-hybridized carbons (Fsp3) is 0.500. The highest BCUT2D eigenvalue weighted by molar-refractivity contribution is 5.94. The Kier molecular flexibility index (Phi) is 11.7. The quantitative estimate of drug-likeness (QED) is 0.158. The summed E-state index contributed by atoms with van der Waals surface area (Å²) >= 11 is 0. The molecule has 12 heteroatoms. The topological polar surface area (TPSA) is 214 Å². The van der Waals surface area contributed by atoms with Crippen molar-refractivity contribution in [2.45, 2.75) is 57.3 Å². The highest BCUT2D eigenvalue weighted by Gasteiger charge is 2.31. The smallest absolute Gasteiger partial charge is 0.326 e. The van der Waals surface area contributed by atoms with E-state index in [9.17, 15) is 29.1 Å². The molecule has 0 spiro atoms. The number of carboxylic acid groups (broad SMARTS) is 1. The average molecular weight is 480 g/mol. The number of benzene rings is 1. The van der Waals surface area contributed by atoms with Gasteiger partial charge >= 0.3 is 5.97 Å². The zero-order valence-corrected chi connectivity index (χ0v) is 19.2. The first-order valence-corrected chi connectivity index (χ1v) is 10.8. The second-order valence-corrected chi connectivity index (χ2v) is 8.17. The van der Waals surface area contributed by atoms with E-state index in [2.05, 4.69) is 16.0 Å². The van der Waals surface area contributed by atoms with Gasteiger partial charge in [-0.15, -0.1) is 0 Å². The van der Waals surface area contributed by atoms with Crippen LogP contribution in [0.2, 0.25) is 0 Å². The van der Waals surface area contributed by atoms with E-state index in [1.807, 2.05) is 0 Å². The number of hydrogen-bond acceptors (Lipinski definition) is 7. The third-order valence-corrected chi connectivity index (χ3v) is 4.99. The van der Waals surface area contributed by atoms with Crippen LogP contribution < -0.4 is 27.4 Å². The van der Waals surface area contributed by atoms with Gasteiger partial charge < -0.3 is 37.6 Å². The maximum Gasteiger partial charge on any atom is 0.326 e. The normalized spacial score (nSPS) is 14.4. The number of amides is 4. The zero-order valence-electron chi connectivity index (χ0n) is 19.2. The molecule has 0 saturated carbocycles. The molecular weight excluding hydrogens is 446 g/mol. The Balaban J connectivity index is 3.13. The SMILES string of the molecule is CC(C)C(NC(=O)C(Cc1ccccc1)NC(=O)C(CCC(N)=O)NC(=O)C(N)CO)C(=O)O. The molecule has 188 valence electrons. The highest BCUT2D eigenvalue weighted by atomic mass is 16.4. The molecule has 4 atom stereocenters. The first-order chi connectivity index (χ1) is 16.0. The number of carbonyl (C=O) groups is 5. The Hall–Kier alpha value is -3.51. The molecule has 0 aromatic heterocycles. The van der Waals surface area contributed by atoms with Crippen LogP contribution in [-0.4, -0.2) is 70.6 Å². The Morgan fingerprint density at radius 1 is 0.912 bits per heavy atom. The Bertz CT molecular complexity index is 862. The summed E-state index contributed by atoms with van der Waals surface area (Å²) in [6, 6.07) is 3.78. The molecule has 0 aliphatic rings. The van der Waals surface area contributed by atoms with Gasteiger partial charge in [-0.1, -0.05) is 44.2 Å². The van der Waals surface area contributed by atoms with Gasteiger partial charge in [0.15, 0.2) is 0 Å². The largest absolute Gasteiger partial charge is 0.480 e. The van der Waals surface area contributed by atoms with Crippen LogP contribution in [0.3, 0.4) is 0 Å². The molecule has 4 amide bonds. The molecule has 1 rings (SSSR count). The number of nitrogens with one attached hydrogen (secondary N) is 3. The molecule has 12 nitrogen and oxygen atoms in total. The average Bonchev–Trinajstić information content (AvgIpc) is 2.78. The van der Waals surface area contributed by atoms with Crippen LogP contribution in [0.1, 0.15) is 32.3 Å². The standard InChI is InChI=1S/C22H33N5O7/c1-12(2)18(22(33)34)27-21(32)16(10-13-6-4-3-5-7-13)26-20(31)15(8-9-17(24)29)25-19(30)14(23)11-28/h3-7,12,14-16,18,28H,8-11,23H2,1-2H3,(H2,24,29)(H,25,30)(H,26,31)(H,27,32)(H,33,34). The van der Waals surface area contributed by atoms with Crippen LogP contribution in [0.5, 0.6) is 0 Å². The van der Waals surface area contributed by atoms with Crippen molar-refractivity contribution < 1.29 is 34.2 Å². The maximum atomic E-state index is 13.0. The molecule has 1 aromatic carbocycles. The molecule has 0 heterocycles. The molecule has 0 aliphatic carbocycles. The summed E-state index contributed by atoms with van der Waals surface area (Å²) < 4.78 is 0. The Morgan fingerprint density at radius 3 is 1.97 bits per heavy atom. The summed E-state index contributed by atoms with van der Waals surface area (Å²) in [4.78, 5) is 60.8. The molecule has 34 heavy (non-hydrogen) atoms. The minimum atomic E-state index is -1.30. The third-order valence-electron chi connectivity index (χ3n) is 4.99. The van der Waals surface area contributed by atoms with E-state index < -0.39 is 66.3 Å². The van der Waals surface area contributed by atoms with Crippen LogP contribution >= 0.6 is 0 Å². The van der Waals surface area contributed by atoms with Gasteiger partial charge in [0.2, 0.25) is 23.6 Å². The van der Waals surface area contributed by atoms with Crippen molar-refractivity contribution >= 4 is 29.6 Å². The number of carboxylic acids is 1. The molecule has 0 fully saturated rings. The lowest BCUT2D eigenvalue weighted by Crippen LogP contribution is -2.58. The van der Waals surface area contributed by atoms with E-state index in [1.165, 1.54) is 0 Å². The number of rotatable bonds is 14. The lowest BCUT2D eigenvalue weighted by Gasteiger charge is -2.26. The van der Waals surface area contributed by atoms with Crippen LogP contribution in [0.25, 0.3) is 0 Å². The highest BCUT2D eigenvalue weighted by Crippen LogP contribution is 2.08. The number of primary amides is 1. The second-order valence-electron chi connectivity index (χ2n) is 8.17. The molecule has 1 aromatic rings. The van der Waals surface area contributed by atoms with Crippen LogP contribution in [0.15, 0.2) is 30.3 Å². The van der Waals surface area contributed by atoms with Gasteiger partial charge in [0.25, 0.3) is 0 Å². The van der Waals surface area contributed by atoms with Gasteiger partial charge in [-0.3, -0.25) is 19.2 Å². The summed E-state index contributed by atoms with van der Waals surface area (Å²) in [6.45, 7) is 2.59. The van der Waals surface area contributed by atoms with Gasteiger partial charge in [-0.05, 0) is 17.9 Å². The predicted molar refractivity (Wildman–Crippen MR) is 122 cm³/mol. The lowest BCUT2D eigenvalue weighted by atomic mass is 10.0. The third kappa shape index (κ3) is 9.55. The van der Waals surface area contributed by atoms with E-state index >= 15 is 0 Å². The van der Waals surface area contributed by atoms with Gasteiger partial charge in [0.1, 0.15) is 24.2 Å². The Morgan fingerprint density at radius 2 is 1.47 bits per heavy atom. The monoisotopic (exact) mass is 479 g/mol. The minimum Gasteiger partial charge on any atom is -0.480 e. The fourth-order valence-corrected chi connectivity index (χ4v) is 3.02. The van der Waals surface area contributed by atoms with Crippen molar-refractivity contribution in [1.82, 2.24) is 16.0 Å². The van der Waals surface area contributed by atoms with Gasteiger partial charge in [0, 0.05) is 12.8 Å². The van der Waals surface area contributed by atoms with Crippen LogP contribution in [0, 0.1) is 5.92 Å². The summed E-state index contributed by atoms with van der Waals surface area (Å²) in [5, 5.41) is 25.8. The molecule has 0 bridgehead atoms. The molecule has 0 radical (unpaired) electrons. The molecule has 9 N–H and O–H groups in total. The zero-order chi connectivity index (χ0) is 25.8. The van der Waals surface area contributed by atoms with Crippen molar-refractivity contribution in [3.05, 3.63) is 35.9 Å². The predicted octanol–water partition coefficient (Wildman–Crippen LogP) is -1.99. The van der Waals surface area contributed by atoms with Crippen LogP contribution in [0.4, 0.5) is 0 Å². The minimum absolute atomic E-state index is 0.0372. The number of nitrogens with two attached hydrogens (primary N) is 2.